The SMILES string of the molecule is COCC1(CNS(=O)(=O)c2cccc(C(F)(F)F)c2)CCCN1. The molecule has 0 aliphatic carbocycles. The fourth-order valence-electron chi connectivity index (χ4n) is 2.63. The van der Waals surface area contributed by atoms with Crippen LogP contribution in [-0.4, -0.2) is 40.8 Å². The first-order chi connectivity index (χ1) is 10.7. The number of alkyl halides is 3. The first-order valence-corrected chi connectivity index (χ1v) is 8.58. The molecule has 0 radical (unpaired) electrons. The molecule has 1 aromatic rings. The summed E-state index contributed by atoms with van der Waals surface area (Å²) >= 11 is 0. The Kier molecular flexibility index (Phi) is 5.34. The number of hydrogen-bond donors (Lipinski definition) is 2. The third kappa shape index (κ3) is 4.43. The standard InChI is InChI=1S/C14H19F3N2O3S/c1-22-10-13(6-3-7-18-13)9-19-23(20,21)12-5-2-4-11(8-12)14(15,16)17/h2,4-5,8,18-19H,3,6-7,9-10H2,1H3. The molecule has 0 aromatic heterocycles. The van der Waals surface area contributed by atoms with Crippen LogP contribution in [0.25, 0.3) is 0 Å². The molecule has 2 N–H and O–H groups in total. The van der Waals surface area contributed by atoms with Gasteiger partial charge in [-0.1, -0.05) is 6.07 Å². The molecule has 1 fully saturated rings. The van der Waals surface area contributed by atoms with Crippen LogP contribution >= 0.6 is 0 Å². The largest absolute Gasteiger partial charge is 0.416 e. The minimum Gasteiger partial charge on any atom is -0.383 e. The lowest BCUT2D eigenvalue weighted by Gasteiger charge is -2.28. The first kappa shape index (κ1) is 18.2. The highest BCUT2D eigenvalue weighted by Gasteiger charge is 2.35. The smallest absolute Gasteiger partial charge is 0.383 e. The summed E-state index contributed by atoms with van der Waals surface area (Å²) in [6.07, 6.45) is -2.98. The van der Waals surface area contributed by atoms with Gasteiger partial charge in [0, 0.05) is 13.7 Å². The minimum atomic E-state index is -4.59. The van der Waals surface area contributed by atoms with Crippen LogP contribution in [0.3, 0.4) is 0 Å². The lowest BCUT2D eigenvalue weighted by atomic mass is 9.99. The predicted octanol–water partition coefficient (Wildman–Crippen LogP) is 1.75. The van der Waals surface area contributed by atoms with Crippen LogP contribution in [-0.2, 0) is 20.9 Å². The minimum absolute atomic E-state index is 0.0550. The third-order valence-corrected chi connectivity index (χ3v) is 5.22. The predicted molar refractivity (Wildman–Crippen MR) is 78.5 cm³/mol. The molecule has 1 saturated heterocycles. The molecule has 9 heteroatoms. The van der Waals surface area contributed by atoms with Crippen LogP contribution in [0.4, 0.5) is 13.2 Å². The second-order valence-corrected chi connectivity index (χ2v) is 7.36. The van der Waals surface area contributed by atoms with Gasteiger partial charge in [0.2, 0.25) is 10.0 Å². The Bertz CT molecular complexity index is 641. The van der Waals surface area contributed by atoms with E-state index in [1.807, 2.05) is 0 Å². The van der Waals surface area contributed by atoms with Crippen LogP contribution in [0.15, 0.2) is 29.2 Å². The summed E-state index contributed by atoms with van der Waals surface area (Å²) in [5.74, 6) is 0. The number of benzene rings is 1. The second-order valence-electron chi connectivity index (χ2n) is 5.59. The summed E-state index contributed by atoms with van der Waals surface area (Å²) in [6, 6.07) is 3.69. The van der Waals surface area contributed by atoms with Crippen molar-refractivity contribution in [2.75, 3.05) is 26.8 Å². The van der Waals surface area contributed by atoms with Crippen molar-refractivity contribution in [3.05, 3.63) is 29.8 Å². The summed E-state index contributed by atoms with van der Waals surface area (Å²) in [5.41, 5.74) is -1.52. The number of ether oxygens (including phenoxy) is 1. The van der Waals surface area contributed by atoms with Gasteiger partial charge in [-0.2, -0.15) is 13.2 Å². The van der Waals surface area contributed by atoms with Gasteiger partial charge in [0.25, 0.3) is 0 Å². The average molecular weight is 352 g/mol. The normalized spacial score (nSPS) is 22.4. The van der Waals surface area contributed by atoms with Crippen LogP contribution in [0, 0.1) is 0 Å². The zero-order chi connectivity index (χ0) is 17.1. The molecule has 0 bridgehead atoms. The van der Waals surface area contributed by atoms with Gasteiger partial charge in [-0.05, 0) is 37.6 Å². The quantitative estimate of drug-likeness (QED) is 0.819. The lowest BCUT2D eigenvalue weighted by molar-refractivity contribution is -0.137. The molecule has 1 atom stereocenters. The Hall–Kier alpha value is -1.16. The highest BCUT2D eigenvalue weighted by Crippen LogP contribution is 2.30. The van der Waals surface area contributed by atoms with Crippen LogP contribution in [0.2, 0.25) is 0 Å². The van der Waals surface area contributed by atoms with Crippen molar-refractivity contribution < 1.29 is 26.3 Å². The Morgan fingerprint density at radius 2 is 2.13 bits per heavy atom. The summed E-state index contributed by atoms with van der Waals surface area (Å²) in [4.78, 5) is -0.405. The fourth-order valence-corrected chi connectivity index (χ4v) is 3.80. The molecule has 0 saturated carbocycles. The van der Waals surface area contributed by atoms with Gasteiger partial charge in [-0.15, -0.1) is 0 Å². The molecule has 1 unspecified atom stereocenters. The average Bonchev–Trinajstić information content (AvgIpc) is 2.94. The van der Waals surface area contributed by atoms with E-state index < -0.39 is 32.2 Å². The monoisotopic (exact) mass is 352 g/mol. The summed E-state index contributed by atoms with van der Waals surface area (Å²) in [6.45, 7) is 1.12. The van der Waals surface area contributed by atoms with E-state index in [0.717, 1.165) is 37.6 Å². The van der Waals surface area contributed by atoms with Gasteiger partial charge in [0.1, 0.15) is 0 Å². The maximum Gasteiger partial charge on any atom is 0.416 e. The molecule has 1 aliphatic rings. The molecule has 0 spiro atoms. The summed E-state index contributed by atoms with van der Waals surface area (Å²) < 4.78 is 70.2. The maximum atomic E-state index is 12.7. The van der Waals surface area contributed by atoms with Crippen molar-refractivity contribution in [3.63, 3.8) is 0 Å². The first-order valence-electron chi connectivity index (χ1n) is 7.09. The number of rotatable bonds is 6. The summed E-state index contributed by atoms with van der Waals surface area (Å²) in [7, 11) is -2.52. The van der Waals surface area contributed by atoms with E-state index in [2.05, 4.69) is 10.0 Å². The molecular formula is C14H19F3N2O3S. The van der Waals surface area contributed by atoms with E-state index in [1.54, 1.807) is 0 Å². The van der Waals surface area contributed by atoms with Gasteiger partial charge in [-0.3, -0.25) is 0 Å². The fraction of sp³-hybridized carbons (Fsp3) is 0.571. The van der Waals surface area contributed by atoms with Crippen LogP contribution in [0.5, 0.6) is 0 Å². The van der Waals surface area contributed by atoms with Crippen molar-refractivity contribution in [2.45, 2.75) is 29.5 Å². The van der Waals surface area contributed by atoms with Crippen molar-refractivity contribution in [1.29, 1.82) is 0 Å². The van der Waals surface area contributed by atoms with Gasteiger partial charge in [0.05, 0.1) is 22.6 Å². The van der Waals surface area contributed by atoms with Crippen molar-refractivity contribution in [2.24, 2.45) is 0 Å². The van der Waals surface area contributed by atoms with E-state index in [1.165, 1.54) is 7.11 Å². The van der Waals surface area contributed by atoms with Crippen LogP contribution in [0.1, 0.15) is 18.4 Å². The van der Waals surface area contributed by atoms with Gasteiger partial charge >= 0.3 is 6.18 Å². The summed E-state index contributed by atoms with van der Waals surface area (Å²) in [5, 5.41) is 3.20. The third-order valence-electron chi connectivity index (χ3n) is 3.82. The highest BCUT2D eigenvalue weighted by molar-refractivity contribution is 7.89. The molecule has 23 heavy (non-hydrogen) atoms. The number of hydrogen-bond acceptors (Lipinski definition) is 4. The van der Waals surface area contributed by atoms with Gasteiger partial charge < -0.3 is 10.1 Å². The number of sulfonamides is 1. The molecule has 5 nitrogen and oxygen atoms in total. The Morgan fingerprint density at radius 1 is 1.39 bits per heavy atom. The Labute approximate surface area is 133 Å². The number of nitrogens with one attached hydrogen (secondary N) is 2. The Morgan fingerprint density at radius 3 is 2.70 bits per heavy atom. The molecule has 0 amide bonds. The molecule has 1 aliphatic heterocycles. The second kappa shape index (κ2) is 6.76. The van der Waals surface area contributed by atoms with E-state index in [-0.39, 0.29) is 6.54 Å². The van der Waals surface area contributed by atoms with Gasteiger partial charge in [0.15, 0.2) is 0 Å². The van der Waals surface area contributed by atoms with E-state index in [9.17, 15) is 21.6 Å². The molecule has 1 heterocycles. The lowest BCUT2D eigenvalue weighted by Crippen LogP contribution is -2.52. The van der Waals surface area contributed by atoms with Crippen LogP contribution < -0.4 is 10.0 Å². The molecule has 130 valence electrons. The highest BCUT2D eigenvalue weighted by atomic mass is 32.2. The van der Waals surface area contributed by atoms with E-state index in [0.29, 0.717) is 12.7 Å². The van der Waals surface area contributed by atoms with E-state index >= 15 is 0 Å². The topological polar surface area (TPSA) is 67.4 Å². The van der Waals surface area contributed by atoms with Crippen molar-refractivity contribution >= 4 is 10.0 Å². The van der Waals surface area contributed by atoms with E-state index in [4.69, 9.17) is 4.74 Å². The molecule has 1 aromatic carbocycles. The van der Waals surface area contributed by atoms with Crippen molar-refractivity contribution in [1.82, 2.24) is 10.0 Å². The number of methoxy groups -OCH3 is 1. The number of halogens is 3. The maximum absolute atomic E-state index is 12.7. The zero-order valence-electron chi connectivity index (χ0n) is 12.6. The molecular weight excluding hydrogens is 333 g/mol. The zero-order valence-corrected chi connectivity index (χ0v) is 13.4. The van der Waals surface area contributed by atoms with Gasteiger partial charge in [-0.25, -0.2) is 13.1 Å². The van der Waals surface area contributed by atoms with Crippen molar-refractivity contribution in [3.8, 4) is 0 Å². The molecule has 2 rings (SSSR count). The Balaban J connectivity index is 2.16.